The lowest BCUT2D eigenvalue weighted by molar-refractivity contribution is -0.127. The Morgan fingerprint density at radius 1 is 1.15 bits per heavy atom. The van der Waals surface area contributed by atoms with Gasteiger partial charge in [0.2, 0.25) is 5.91 Å². The van der Waals surface area contributed by atoms with E-state index >= 15 is 0 Å². The van der Waals surface area contributed by atoms with Crippen LogP contribution in [0.3, 0.4) is 0 Å². The molecule has 1 aromatic rings. The first kappa shape index (κ1) is 21.6. The molecule has 7 nitrogen and oxygen atoms in total. The van der Waals surface area contributed by atoms with E-state index in [2.05, 4.69) is 29.5 Å². The maximum absolute atomic E-state index is 11.8. The van der Waals surface area contributed by atoms with Gasteiger partial charge in [0.15, 0.2) is 5.96 Å². The Labute approximate surface area is 156 Å². The average Bonchev–Trinajstić information content (AvgIpc) is 2.60. The quantitative estimate of drug-likeness (QED) is 0.516. The molecule has 0 aliphatic rings. The van der Waals surface area contributed by atoms with Crippen LogP contribution in [0.1, 0.15) is 20.8 Å². The third kappa shape index (κ3) is 8.60. The summed E-state index contributed by atoms with van der Waals surface area (Å²) in [4.78, 5) is 17.6. The van der Waals surface area contributed by atoms with Crippen LogP contribution in [0, 0.1) is 5.92 Å². The van der Waals surface area contributed by atoms with Gasteiger partial charge in [-0.25, -0.2) is 4.99 Å². The maximum atomic E-state index is 11.8. The predicted octanol–water partition coefficient (Wildman–Crippen LogP) is 1.74. The monoisotopic (exact) mass is 364 g/mol. The molecule has 0 aliphatic heterocycles. The van der Waals surface area contributed by atoms with Crippen LogP contribution in [0.25, 0.3) is 0 Å². The summed E-state index contributed by atoms with van der Waals surface area (Å²) in [5.74, 6) is 2.53. The smallest absolute Gasteiger partial charge is 0.243 e. The van der Waals surface area contributed by atoms with Crippen LogP contribution in [0.4, 0.5) is 0 Å². The Kier molecular flexibility index (Phi) is 9.33. The first-order chi connectivity index (χ1) is 12.3. The second kappa shape index (κ2) is 11.2. The number of nitrogens with one attached hydrogen (secondary N) is 2. The normalized spacial score (nSPS) is 12.5. The molecule has 0 heterocycles. The van der Waals surface area contributed by atoms with Gasteiger partial charge in [-0.05, 0) is 25.0 Å². The number of hydrogen-bond donors (Lipinski definition) is 2. The molecule has 26 heavy (non-hydrogen) atoms. The van der Waals surface area contributed by atoms with Crippen molar-refractivity contribution in [3.63, 3.8) is 0 Å². The van der Waals surface area contributed by atoms with Crippen molar-refractivity contribution in [3.05, 3.63) is 24.3 Å². The number of guanidine groups is 1. The fraction of sp³-hybridized carbons (Fsp3) is 0.579. The predicted molar refractivity (Wildman–Crippen MR) is 105 cm³/mol. The molecular weight excluding hydrogens is 332 g/mol. The lowest BCUT2D eigenvalue weighted by Gasteiger charge is -2.19. The minimum atomic E-state index is -0.0855. The highest BCUT2D eigenvalue weighted by Crippen LogP contribution is 2.19. The van der Waals surface area contributed by atoms with Gasteiger partial charge < -0.3 is 25.0 Å². The number of hydrogen-bond acceptors (Lipinski definition) is 4. The number of benzene rings is 1. The first-order valence-electron chi connectivity index (χ1n) is 8.84. The molecule has 0 fully saturated rings. The minimum Gasteiger partial charge on any atom is -0.497 e. The fourth-order valence-corrected chi connectivity index (χ4v) is 1.95. The van der Waals surface area contributed by atoms with E-state index in [1.165, 1.54) is 4.90 Å². The van der Waals surface area contributed by atoms with Crippen molar-refractivity contribution in [2.24, 2.45) is 10.9 Å². The lowest BCUT2D eigenvalue weighted by atomic mass is 10.2. The SMILES string of the molecule is COc1cccc(OC(C)CNC(=NCC(=O)N(C)C)NCC(C)C)c1. The highest BCUT2D eigenvalue weighted by atomic mass is 16.5. The van der Waals surface area contributed by atoms with Crippen LogP contribution in [-0.4, -0.2) is 63.7 Å². The molecule has 1 atom stereocenters. The Balaban J connectivity index is 2.59. The van der Waals surface area contributed by atoms with Crippen LogP contribution >= 0.6 is 0 Å². The standard InChI is InChI=1S/C19H32N4O3/c1-14(2)11-20-19(22-13-18(24)23(4)5)21-12-15(3)26-17-9-7-8-16(10-17)25-6/h7-10,14-15H,11-13H2,1-6H3,(H2,20,21,22). The van der Waals surface area contributed by atoms with E-state index in [4.69, 9.17) is 9.47 Å². The number of amides is 1. The van der Waals surface area contributed by atoms with Gasteiger partial charge in [-0.1, -0.05) is 19.9 Å². The number of likely N-dealkylation sites (N-methyl/N-ethyl adjacent to an activating group) is 1. The Bertz CT molecular complexity index is 588. The van der Waals surface area contributed by atoms with Crippen LogP contribution < -0.4 is 20.1 Å². The molecule has 0 saturated carbocycles. The number of nitrogens with zero attached hydrogens (tertiary/aromatic N) is 2. The Morgan fingerprint density at radius 3 is 2.42 bits per heavy atom. The van der Waals surface area contributed by atoms with Crippen molar-refractivity contribution in [2.75, 3.05) is 40.8 Å². The summed E-state index contributed by atoms with van der Waals surface area (Å²) < 4.78 is 11.1. The largest absolute Gasteiger partial charge is 0.497 e. The van der Waals surface area contributed by atoms with E-state index in [1.54, 1.807) is 21.2 Å². The second-order valence-electron chi connectivity index (χ2n) is 6.72. The molecule has 0 spiro atoms. The summed E-state index contributed by atoms with van der Waals surface area (Å²) in [6.45, 7) is 7.63. The van der Waals surface area contributed by atoms with Gasteiger partial charge in [0.05, 0.1) is 13.7 Å². The molecule has 0 bridgehead atoms. The van der Waals surface area contributed by atoms with E-state index in [9.17, 15) is 4.79 Å². The van der Waals surface area contributed by atoms with E-state index in [1.807, 2.05) is 31.2 Å². The zero-order chi connectivity index (χ0) is 19.5. The number of carbonyl (C=O) groups is 1. The first-order valence-corrected chi connectivity index (χ1v) is 8.84. The highest BCUT2D eigenvalue weighted by molar-refractivity contribution is 5.84. The van der Waals surface area contributed by atoms with Gasteiger partial charge in [-0.15, -0.1) is 0 Å². The van der Waals surface area contributed by atoms with E-state index in [0.29, 0.717) is 18.4 Å². The molecule has 2 N–H and O–H groups in total. The van der Waals surface area contributed by atoms with Gasteiger partial charge in [-0.3, -0.25) is 4.79 Å². The van der Waals surface area contributed by atoms with Gasteiger partial charge in [0.1, 0.15) is 24.1 Å². The fourth-order valence-electron chi connectivity index (χ4n) is 1.95. The number of carbonyl (C=O) groups excluding carboxylic acids is 1. The summed E-state index contributed by atoms with van der Waals surface area (Å²) in [7, 11) is 5.06. The maximum Gasteiger partial charge on any atom is 0.243 e. The van der Waals surface area contributed by atoms with Crippen molar-refractivity contribution in [2.45, 2.75) is 26.9 Å². The third-order valence-corrected chi connectivity index (χ3v) is 3.48. The molecule has 146 valence electrons. The minimum absolute atomic E-state index is 0.0451. The number of rotatable bonds is 9. The number of methoxy groups -OCH3 is 1. The topological polar surface area (TPSA) is 75.2 Å². The van der Waals surface area contributed by atoms with Gasteiger partial charge in [0, 0.05) is 26.7 Å². The Hall–Kier alpha value is -2.44. The molecule has 0 saturated heterocycles. The van der Waals surface area contributed by atoms with Crippen LogP contribution in [0.2, 0.25) is 0 Å². The molecule has 1 amide bonds. The van der Waals surface area contributed by atoms with E-state index < -0.39 is 0 Å². The van der Waals surface area contributed by atoms with E-state index in [0.717, 1.165) is 18.0 Å². The van der Waals surface area contributed by atoms with Crippen LogP contribution in [0.15, 0.2) is 29.3 Å². The van der Waals surface area contributed by atoms with Crippen molar-refractivity contribution in [3.8, 4) is 11.5 Å². The molecule has 0 aliphatic carbocycles. The summed E-state index contributed by atoms with van der Waals surface area (Å²) in [6.07, 6.45) is -0.0855. The number of aliphatic imine (C=N–C) groups is 1. The number of ether oxygens (including phenoxy) is 2. The summed E-state index contributed by atoms with van der Waals surface area (Å²) in [5, 5.41) is 6.47. The molecule has 1 rings (SSSR count). The molecule has 0 aromatic heterocycles. The molecule has 0 radical (unpaired) electrons. The second-order valence-corrected chi connectivity index (χ2v) is 6.72. The molecule has 7 heteroatoms. The molecular formula is C19H32N4O3. The van der Waals surface area contributed by atoms with E-state index in [-0.39, 0.29) is 18.6 Å². The third-order valence-electron chi connectivity index (χ3n) is 3.48. The Morgan fingerprint density at radius 2 is 1.81 bits per heavy atom. The zero-order valence-corrected chi connectivity index (χ0v) is 16.7. The van der Waals surface area contributed by atoms with Crippen molar-refractivity contribution < 1.29 is 14.3 Å². The van der Waals surface area contributed by atoms with Gasteiger partial charge >= 0.3 is 0 Å². The van der Waals surface area contributed by atoms with Crippen LogP contribution in [-0.2, 0) is 4.79 Å². The highest BCUT2D eigenvalue weighted by Gasteiger charge is 2.09. The summed E-state index contributed by atoms with van der Waals surface area (Å²) >= 11 is 0. The van der Waals surface area contributed by atoms with Crippen molar-refractivity contribution in [1.82, 2.24) is 15.5 Å². The molecule has 1 unspecified atom stereocenters. The van der Waals surface area contributed by atoms with Gasteiger partial charge in [0.25, 0.3) is 0 Å². The lowest BCUT2D eigenvalue weighted by Crippen LogP contribution is -2.43. The van der Waals surface area contributed by atoms with Gasteiger partial charge in [-0.2, -0.15) is 0 Å². The molecule has 1 aromatic carbocycles. The van der Waals surface area contributed by atoms with Crippen molar-refractivity contribution in [1.29, 1.82) is 0 Å². The van der Waals surface area contributed by atoms with Crippen molar-refractivity contribution >= 4 is 11.9 Å². The average molecular weight is 364 g/mol. The summed E-state index contributed by atoms with van der Waals surface area (Å²) in [5.41, 5.74) is 0. The van der Waals surface area contributed by atoms with Crippen LogP contribution in [0.5, 0.6) is 11.5 Å². The zero-order valence-electron chi connectivity index (χ0n) is 16.7. The summed E-state index contributed by atoms with van der Waals surface area (Å²) in [6, 6.07) is 7.50.